The van der Waals surface area contributed by atoms with Gasteiger partial charge in [0, 0.05) is 12.6 Å². The van der Waals surface area contributed by atoms with Crippen molar-refractivity contribution < 1.29 is 4.79 Å². The van der Waals surface area contributed by atoms with E-state index in [1.807, 2.05) is 12.1 Å². The third kappa shape index (κ3) is 2.04. The van der Waals surface area contributed by atoms with Gasteiger partial charge in [-0.3, -0.25) is 0 Å². The average molecular weight is 150 g/mol. The van der Waals surface area contributed by atoms with E-state index in [0.717, 1.165) is 11.8 Å². The molecule has 0 unspecified atom stereocenters. The van der Waals surface area contributed by atoms with Crippen LogP contribution in [-0.2, 0) is 11.2 Å². The van der Waals surface area contributed by atoms with Crippen molar-refractivity contribution in [1.82, 2.24) is 4.98 Å². The van der Waals surface area contributed by atoms with E-state index < -0.39 is 0 Å². The van der Waals surface area contributed by atoms with Crippen molar-refractivity contribution in [3.8, 4) is 0 Å². The summed E-state index contributed by atoms with van der Waals surface area (Å²) in [7, 11) is 0. The molecule has 1 aromatic rings. The first kappa shape index (κ1) is 7.72. The monoisotopic (exact) mass is 150 g/mol. The van der Waals surface area contributed by atoms with Gasteiger partial charge in [0.25, 0.3) is 0 Å². The molecule has 0 atom stereocenters. The minimum atomic E-state index is 0.510. The molecule has 1 aromatic heterocycles. The van der Waals surface area contributed by atoms with Gasteiger partial charge in [-0.15, -0.1) is 0 Å². The first-order valence-electron chi connectivity index (χ1n) is 3.47. The van der Waals surface area contributed by atoms with E-state index in [1.54, 1.807) is 6.20 Å². The number of anilines is 1. The zero-order chi connectivity index (χ0) is 8.10. The van der Waals surface area contributed by atoms with E-state index in [9.17, 15) is 4.79 Å². The summed E-state index contributed by atoms with van der Waals surface area (Å²) in [6.45, 7) is 0. The highest BCUT2D eigenvalue weighted by Gasteiger charge is 1.96. The van der Waals surface area contributed by atoms with Gasteiger partial charge in [0.1, 0.15) is 12.1 Å². The molecule has 0 saturated carbocycles. The smallest absolute Gasteiger partial charge is 0.126 e. The molecule has 58 valence electrons. The number of nitrogens with two attached hydrogens (primary N) is 1. The van der Waals surface area contributed by atoms with E-state index in [4.69, 9.17) is 5.73 Å². The number of pyridine rings is 1. The summed E-state index contributed by atoms with van der Waals surface area (Å²) < 4.78 is 0. The minimum Gasteiger partial charge on any atom is -0.383 e. The lowest BCUT2D eigenvalue weighted by atomic mass is 10.1. The third-order valence-electron chi connectivity index (χ3n) is 1.46. The predicted octanol–water partition coefficient (Wildman–Crippen LogP) is 0.795. The molecule has 0 aliphatic carbocycles. The maximum absolute atomic E-state index is 10.0. The number of rotatable bonds is 3. The molecule has 0 aliphatic rings. The normalized spacial score (nSPS) is 9.45. The number of carbonyl (C=O) groups excluding carboxylic acids is 1. The molecule has 0 spiro atoms. The predicted molar refractivity (Wildman–Crippen MR) is 43.0 cm³/mol. The number of nitrogen functional groups attached to an aromatic ring is 1. The highest BCUT2D eigenvalue weighted by molar-refractivity contribution is 5.51. The molecule has 3 nitrogen and oxygen atoms in total. The van der Waals surface area contributed by atoms with Crippen LogP contribution in [0.1, 0.15) is 12.0 Å². The van der Waals surface area contributed by atoms with Crippen LogP contribution >= 0.6 is 0 Å². The lowest BCUT2D eigenvalue weighted by molar-refractivity contribution is -0.107. The summed E-state index contributed by atoms with van der Waals surface area (Å²) in [6.07, 6.45) is 3.71. The standard InChI is InChI=1S/C8H10N2O/c9-8-7(4-2-6-11)3-1-5-10-8/h1,3,5-6H,2,4H2,(H2,9,10). The summed E-state index contributed by atoms with van der Waals surface area (Å²) in [5.41, 5.74) is 6.48. The van der Waals surface area contributed by atoms with E-state index in [0.29, 0.717) is 18.7 Å². The van der Waals surface area contributed by atoms with E-state index in [-0.39, 0.29) is 0 Å². The highest BCUT2D eigenvalue weighted by Crippen LogP contribution is 2.08. The lowest BCUT2D eigenvalue weighted by Gasteiger charge is -1.99. The molecule has 0 radical (unpaired) electrons. The van der Waals surface area contributed by atoms with Gasteiger partial charge in [0.2, 0.25) is 0 Å². The topological polar surface area (TPSA) is 56.0 Å². The van der Waals surface area contributed by atoms with Gasteiger partial charge in [-0.2, -0.15) is 0 Å². The molecular weight excluding hydrogens is 140 g/mol. The number of aromatic nitrogens is 1. The SMILES string of the molecule is Nc1ncccc1CCC=O. The Balaban J connectivity index is 2.69. The van der Waals surface area contributed by atoms with Gasteiger partial charge < -0.3 is 10.5 Å². The Bertz CT molecular complexity index is 248. The quantitative estimate of drug-likeness (QED) is 0.648. The van der Waals surface area contributed by atoms with Crippen molar-refractivity contribution in [2.75, 3.05) is 5.73 Å². The van der Waals surface area contributed by atoms with Crippen LogP contribution in [0.4, 0.5) is 5.82 Å². The summed E-state index contributed by atoms with van der Waals surface area (Å²) in [5, 5.41) is 0. The first-order valence-corrected chi connectivity index (χ1v) is 3.47. The van der Waals surface area contributed by atoms with Crippen LogP contribution < -0.4 is 5.73 Å². The Morgan fingerprint density at radius 1 is 1.64 bits per heavy atom. The molecule has 1 heterocycles. The van der Waals surface area contributed by atoms with Gasteiger partial charge >= 0.3 is 0 Å². The Morgan fingerprint density at radius 3 is 3.09 bits per heavy atom. The maximum atomic E-state index is 10.0. The number of hydrogen-bond acceptors (Lipinski definition) is 3. The zero-order valence-electron chi connectivity index (χ0n) is 6.16. The molecule has 0 saturated heterocycles. The molecule has 0 amide bonds. The van der Waals surface area contributed by atoms with Crippen LogP contribution in [0.3, 0.4) is 0 Å². The van der Waals surface area contributed by atoms with Crippen LogP contribution in [0.2, 0.25) is 0 Å². The number of nitrogens with zero attached hydrogens (tertiary/aromatic N) is 1. The van der Waals surface area contributed by atoms with E-state index in [1.165, 1.54) is 0 Å². The second-order valence-corrected chi connectivity index (χ2v) is 2.25. The van der Waals surface area contributed by atoms with Gasteiger partial charge in [-0.05, 0) is 18.1 Å². The third-order valence-corrected chi connectivity index (χ3v) is 1.46. The average Bonchev–Trinajstić information content (AvgIpc) is 2.03. The number of hydrogen-bond donors (Lipinski definition) is 1. The van der Waals surface area contributed by atoms with Crippen LogP contribution in [0, 0.1) is 0 Å². The molecule has 0 aliphatic heterocycles. The van der Waals surface area contributed by atoms with Gasteiger partial charge in [-0.25, -0.2) is 4.98 Å². The van der Waals surface area contributed by atoms with Gasteiger partial charge in [0.05, 0.1) is 0 Å². The number of aryl methyl sites for hydroxylation is 1. The van der Waals surface area contributed by atoms with E-state index in [2.05, 4.69) is 4.98 Å². The largest absolute Gasteiger partial charge is 0.383 e. The van der Waals surface area contributed by atoms with Crippen LogP contribution in [0.25, 0.3) is 0 Å². The molecule has 0 aromatic carbocycles. The molecule has 11 heavy (non-hydrogen) atoms. The van der Waals surface area contributed by atoms with Crippen molar-refractivity contribution in [2.45, 2.75) is 12.8 Å². The Labute approximate surface area is 65.2 Å². The fraction of sp³-hybridized carbons (Fsp3) is 0.250. The fourth-order valence-electron chi connectivity index (χ4n) is 0.877. The Morgan fingerprint density at radius 2 is 2.45 bits per heavy atom. The Hall–Kier alpha value is -1.38. The van der Waals surface area contributed by atoms with Crippen LogP contribution in [0.5, 0.6) is 0 Å². The molecule has 0 bridgehead atoms. The van der Waals surface area contributed by atoms with E-state index >= 15 is 0 Å². The molecular formula is C8H10N2O. The van der Waals surface area contributed by atoms with Crippen molar-refractivity contribution >= 4 is 12.1 Å². The first-order chi connectivity index (χ1) is 5.34. The number of aldehydes is 1. The van der Waals surface area contributed by atoms with Crippen LogP contribution in [0.15, 0.2) is 18.3 Å². The zero-order valence-corrected chi connectivity index (χ0v) is 6.16. The molecule has 2 N–H and O–H groups in total. The Kier molecular flexibility index (Phi) is 2.60. The summed E-state index contributed by atoms with van der Waals surface area (Å²) >= 11 is 0. The molecule has 1 rings (SSSR count). The summed E-state index contributed by atoms with van der Waals surface area (Å²) in [6, 6.07) is 3.70. The van der Waals surface area contributed by atoms with Crippen molar-refractivity contribution in [2.24, 2.45) is 0 Å². The maximum Gasteiger partial charge on any atom is 0.126 e. The summed E-state index contributed by atoms with van der Waals surface area (Å²) in [4.78, 5) is 13.9. The molecule has 3 heteroatoms. The lowest BCUT2D eigenvalue weighted by Crippen LogP contribution is -1.96. The highest BCUT2D eigenvalue weighted by atomic mass is 16.1. The van der Waals surface area contributed by atoms with Crippen molar-refractivity contribution in [1.29, 1.82) is 0 Å². The second kappa shape index (κ2) is 3.71. The molecule has 0 fully saturated rings. The van der Waals surface area contributed by atoms with Crippen molar-refractivity contribution in [3.63, 3.8) is 0 Å². The summed E-state index contributed by atoms with van der Waals surface area (Å²) in [5.74, 6) is 0.523. The number of carbonyl (C=O) groups is 1. The van der Waals surface area contributed by atoms with Gasteiger partial charge in [0.15, 0.2) is 0 Å². The fourth-order valence-corrected chi connectivity index (χ4v) is 0.877. The van der Waals surface area contributed by atoms with Gasteiger partial charge in [-0.1, -0.05) is 6.07 Å². The minimum absolute atomic E-state index is 0.510. The second-order valence-electron chi connectivity index (χ2n) is 2.25. The van der Waals surface area contributed by atoms with Crippen molar-refractivity contribution in [3.05, 3.63) is 23.9 Å². The van der Waals surface area contributed by atoms with Crippen LogP contribution in [-0.4, -0.2) is 11.3 Å².